The lowest BCUT2D eigenvalue weighted by Gasteiger charge is -2.43. The van der Waals surface area contributed by atoms with Crippen LogP contribution >= 0.6 is 11.3 Å². The van der Waals surface area contributed by atoms with Crippen LogP contribution in [0.1, 0.15) is 104 Å². The minimum Gasteiger partial charge on any atom is -0.456 e. The number of hydrogen-bond acceptors (Lipinski definition) is 3. The number of rotatable bonds is 1. The summed E-state index contributed by atoms with van der Waals surface area (Å²) in [7, 11) is 0. The van der Waals surface area contributed by atoms with E-state index >= 15 is 0 Å². The van der Waals surface area contributed by atoms with Crippen LogP contribution in [0.2, 0.25) is 0 Å². The lowest BCUT2D eigenvalue weighted by atomic mass is 9.43. The summed E-state index contributed by atoms with van der Waals surface area (Å²) < 4.78 is 12.1. The average Bonchev–Trinajstić information content (AvgIpc) is 4.02. The highest BCUT2D eigenvalue weighted by molar-refractivity contribution is 7.25. The number of thiophene rings is 1. The Morgan fingerprint density at radius 2 is 1.19 bits per heavy atom. The molecule has 3 nitrogen and oxygen atoms in total. The molecule has 1 aliphatic carbocycles. The molecule has 332 valence electrons. The highest BCUT2D eigenvalue weighted by Crippen LogP contribution is 2.60. The van der Waals surface area contributed by atoms with E-state index in [1.807, 2.05) is 11.3 Å². The molecule has 3 aromatic heterocycles. The summed E-state index contributed by atoms with van der Waals surface area (Å²) in [4.78, 5) is 2.73. The van der Waals surface area contributed by atoms with E-state index in [0.29, 0.717) is 0 Å². The number of aromatic nitrogens is 1. The van der Waals surface area contributed by atoms with Crippen LogP contribution in [0, 0.1) is 0 Å². The minimum absolute atomic E-state index is 0.0165. The molecule has 0 bridgehead atoms. The van der Waals surface area contributed by atoms with Gasteiger partial charge in [-0.25, -0.2) is 0 Å². The maximum absolute atomic E-state index is 6.81. The van der Waals surface area contributed by atoms with Crippen molar-refractivity contribution in [3.63, 3.8) is 0 Å². The van der Waals surface area contributed by atoms with Crippen LogP contribution in [0.25, 0.3) is 91.9 Å². The van der Waals surface area contributed by atoms with E-state index in [1.54, 1.807) is 0 Å². The van der Waals surface area contributed by atoms with Crippen molar-refractivity contribution in [3.05, 3.63) is 161 Å². The first-order valence-corrected chi connectivity index (χ1v) is 25.3. The van der Waals surface area contributed by atoms with Crippen molar-refractivity contribution in [2.75, 3.05) is 4.81 Å². The molecule has 0 fully saturated rings. The molecule has 14 rings (SSSR count). The standard InChI is InChI=1S/C63H55BN2OS/c1-60(2,3)34-20-24-37(25-21-34)66-48-31-42-41-28-36(62(7,8)9)23-27-52(41)68-53(42)32-44(48)55-54-39-17-12-14-18-45(39)63(10,11)57(54)56-43-29-35(61(4,5)6)22-26-47(43)65-49-33-51-40(38-16-13-15-19-50(38)67-51)30-46(49)64(66)58(55)59(56)65/h12-33H,1-11H3. The van der Waals surface area contributed by atoms with E-state index in [2.05, 4.69) is 219 Å². The molecule has 2 aliphatic heterocycles. The normalized spacial score (nSPS) is 15.0. The van der Waals surface area contributed by atoms with Crippen molar-refractivity contribution < 1.29 is 4.42 Å². The molecule has 5 heteroatoms. The molecule has 0 atom stereocenters. The smallest absolute Gasteiger partial charge is 0.333 e. The third-order valence-electron chi connectivity index (χ3n) is 16.2. The summed E-state index contributed by atoms with van der Waals surface area (Å²) in [5.41, 5.74) is 22.8. The number of nitrogens with zero attached hydrogens (tertiary/aromatic N) is 2. The van der Waals surface area contributed by atoms with Gasteiger partial charge >= 0.3 is 6.85 Å². The van der Waals surface area contributed by atoms with Crippen molar-refractivity contribution in [3.8, 4) is 27.9 Å². The fraction of sp³-hybridized carbons (Fsp3) is 0.238. The van der Waals surface area contributed by atoms with Gasteiger partial charge in [-0.2, -0.15) is 0 Å². The number of anilines is 2. The van der Waals surface area contributed by atoms with E-state index in [9.17, 15) is 0 Å². The van der Waals surface area contributed by atoms with Crippen molar-refractivity contribution in [2.45, 2.75) is 97.8 Å². The van der Waals surface area contributed by atoms with Gasteiger partial charge in [0.2, 0.25) is 0 Å². The Bertz CT molecular complexity index is 4060. The van der Waals surface area contributed by atoms with Gasteiger partial charge in [0.05, 0.1) is 11.0 Å². The fourth-order valence-electron chi connectivity index (χ4n) is 12.7. The monoisotopic (exact) mass is 898 g/mol. The molecule has 0 radical (unpaired) electrons. The van der Waals surface area contributed by atoms with Gasteiger partial charge in [-0.05, 0) is 126 Å². The molecule has 5 heterocycles. The lowest BCUT2D eigenvalue weighted by Crippen LogP contribution is -2.60. The van der Waals surface area contributed by atoms with Crippen LogP contribution < -0.4 is 15.7 Å². The second kappa shape index (κ2) is 12.9. The van der Waals surface area contributed by atoms with Crippen molar-refractivity contribution in [1.82, 2.24) is 4.57 Å². The molecule has 0 N–H and O–H groups in total. The third-order valence-corrected chi connectivity index (χ3v) is 17.3. The van der Waals surface area contributed by atoms with E-state index < -0.39 is 0 Å². The van der Waals surface area contributed by atoms with Gasteiger partial charge in [0.25, 0.3) is 0 Å². The maximum atomic E-state index is 6.81. The molecule has 8 aromatic carbocycles. The Morgan fingerprint density at radius 1 is 0.529 bits per heavy atom. The topological polar surface area (TPSA) is 21.3 Å². The maximum Gasteiger partial charge on any atom is 0.333 e. The summed E-state index contributed by atoms with van der Waals surface area (Å²) in [5, 5.41) is 7.67. The molecular weight excluding hydrogens is 844 g/mol. The predicted molar refractivity (Wildman–Crippen MR) is 294 cm³/mol. The quantitative estimate of drug-likeness (QED) is 0.153. The SMILES string of the molecule is CC(C)(C)c1ccc(N2B3c4cc5c(cc4-n4c6ccc(C(C)(C)C)cc6c6c7c(c(c3c64)-c3cc4sc6ccc(C(C)(C)C)cc6c4cc32)-c2ccccc2C7(C)C)oc2ccccc25)cc1. The highest BCUT2D eigenvalue weighted by Gasteiger charge is 2.50. The minimum atomic E-state index is -0.262. The molecule has 3 aliphatic rings. The van der Waals surface area contributed by atoms with Crippen molar-refractivity contribution >= 4 is 104 Å². The van der Waals surface area contributed by atoms with Crippen LogP contribution in [0.3, 0.4) is 0 Å². The zero-order chi connectivity index (χ0) is 46.7. The first-order chi connectivity index (χ1) is 32.4. The van der Waals surface area contributed by atoms with Crippen LogP contribution in [0.5, 0.6) is 0 Å². The molecular formula is C63H55BN2OS. The number of fused-ring (bicyclic) bond motifs is 19. The second-order valence-electron chi connectivity index (χ2n) is 23.8. The van der Waals surface area contributed by atoms with Crippen LogP contribution in [-0.2, 0) is 21.7 Å². The summed E-state index contributed by atoms with van der Waals surface area (Å²) in [5.74, 6) is 0. The summed E-state index contributed by atoms with van der Waals surface area (Å²) in [6.45, 7) is 25.8. The van der Waals surface area contributed by atoms with E-state index in [-0.39, 0.29) is 28.5 Å². The predicted octanol–water partition coefficient (Wildman–Crippen LogP) is 16.5. The first-order valence-electron chi connectivity index (χ1n) is 24.5. The van der Waals surface area contributed by atoms with Crippen LogP contribution in [-0.4, -0.2) is 11.4 Å². The second-order valence-corrected chi connectivity index (χ2v) is 24.8. The van der Waals surface area contributed by atoms with Gasteiger partial charge < -0.3 is 13.8 Å². The molecule has 0 unspecified atom stereocenters. The average molecular weight is 899 g/mol. The zero-order valence-corrected chi connectivity index (χ0v) is 41.8. The van der Waals surface area contributed by atoms with E-state index in [4.69, 9.17) is 4.42 Å². The Labute approximate surface area is 403 Å². The van der Waals surface area contributed by atoms with Gasteiger partial charge in [0.15, 0.2) is 0 Å². The van der Waals surface area contributed by atoms with Gasteiger partial charge in [-0.15, -0.1) is 11.3 Å². The van der Waals surface area contributed by atoms with E-state index in [1.165, 1.54) is 120 Å². The highest BCUT2D eigenvalue weighted by atomic mass is 32.1. The Kier molecular flexibility index (Phi) is 7.71. The van der Waals surface area contributed by atoms with E-state index in [0.717, 1.165) is 21.9 Å². The summed E-state index contributed by atoms with van der Waals surface area (Å²) in [6, 6.07) is 52.0. The molecule has 0 spiro atoms. The first kappa shape index (κ1) is 40.5. The van der Waals surface area contributed by atoms with Crippen molar-refractivity contribution in [1.29, 1.82) is 0 Å². The van der Waals surface area contributed by atoms with Gasteiger partial charge in [-0.3, -0.25) is 0 Å². The van der Waals surface area contributed by atoms with Gasteiger partial charge in [0, 0.05) is 75.8 Å². The van der Waals surface area contributed by atoms with Gasteiger partial charge in [0.1, 0.15) is 11.2 Å². The fourth-order valence-corrected chi connectivity index (χ4v) is 13.8. The third kappa shape index (κ3) is 5.21. The Morgan fingerprint density at radius 3 is 1.94 bits per heavy atom. The number of benzene rings is 8. The largest absolute Gasteiger partial charge is 0.456 e. The molecule has 0 saturated carbocycles. The number of furan rings is 1. The molecule has 11 aromatic rings. The van der Waals surface area contributed by atoms with Gasteiger partial charge in [-0.1, -0.05) is 149 Å². The molecule has 68 heavy (non-hydrogen) atoms. The molecule has 0 amide bonds. The summed E-state index contributed by atoms with van der Waals surface area (Å²) in [6.07, 6.45) is 0. The molecule has 0 saturated heterocycles. The number of hydrogen-bond donors (Lipinski definition) is 0. The van der Waals surface area contributed by atoms with Crippen LogP contribution in [0.15, 0.2) is 138 Å². The zero-order valence-electron chi connectivity index (χ0n) is 41.0. The summed E-state index contributed by atoms with van der Waals surface area (Å²) >= 11 is 1.94. The van der Waals surface area contributed by atoms with Crippen LogP contribution in [0.4, 0.5) is 11.4 Å². The van der Waals surface area contributed by atoms with Crippen molar-refractivity contribution in [2.24, 2.45) is 0 Å². The number of para-hydroxylation sites is 1. The lowest BCUT2D eigenvalue weighted by molar-refractivity contribution is 0.590. The Hall–Kier alpha value is -6.56. The Balaban J connectivity index is 1.23.